The van der Waals surface area contributed by atoms with E-state index in [0.717, 1.165) is 36.2 Å². The quantitative estimate of drug-likeness (QED) is 0.742. The molecule has 3 rings (SSSR count). The summed E-state index contributed by atoms with van der Waals surface area (Å²) in [6, 6.07) is 6.15. The van der Waals surface area contributed by atoms with Gasteiger partial charge in [0.25, 0.3) is 0 Å². The number of nitrogens with zero attached hydrogens (tertiary/aromatic N) is 3. The molecule has 1 saturated heterocycles. The molecule has 5 nitrogen and oxygen atoms in total. The average molecular weight is 204 g/mol. The van der Waals surface area contributed by atoms with E-state index in [4.69, 9.17) is 10.4 Å². The van der Waals surface area contributed by atoms with Gasteiger partial charge in [-0.05, 0) is 28.9 Å². The van der Waals surface area contributed by atoms with Crippen molar-refractivity contribution in [1.29, 1.82) is 0 Å². The Balaban J connectivity index is 2.06. The van der Waals surface area contributed by atoms with E-state index in [-0.39, 0.29) is 6.04 Å². The molecule has 1 aliphatic heterocycles. The molecule has 15 heavy (non-hydrogen) atoms. The molecule has 2 N–H and O–H groups in total. The van der Waals surface area contributed by atoms with Crippen LogP contribution in [0.3, 0.4) is 0 Å². The molecule has 1 fully saturated rings. The number of fused-ring (bicyclic) bond motifs is 1. The molecule has 1 unspecified atom stereocenters. The van der Waals surface area contributed by atoms with Crippen molar-refractivity contribution in [3.05, 3.63) is 18.2 Å². The minimum Gasteiger partial charge on any atom is -0.368 e. The van der Waals surface area contributed by atoms with Gasteiger partial charge in [0.15, 0.2) is 5.52 Å². The highest BCUT2D eigenvalue weighted by Gasteiger charge is 2.21. The Morgan fingerprint density at radius 3 is 3.13 bits per heavy atom. The van der Waals surface area contributed by atoms with E-state index in [1.807, 2.05) is 18.2 Å². The lowest BCUT2D eigenvalue weighted by molar-refractivity contribution is 0.315. The van der Waals surface area contributed by atoms with Gasteiger partial charge in [-0.25, -0.2) is 4.63 Å². The summed E-state index contributed by atoms with van der Waals surface area (Å²) in [5.41, 5.74) is 8.58. The van der Waals surface area contributed by atoms with Crippen molar-refractivity contribution in [3.63, 3.8) is 0 Å². The lowest BCUT2D eigenvalue weighted by Gasteiger charge is -2.17. The fourth-order valence-corrected chi connectivity index (χ4v) is 2.05. The summed E-state index contributed by atoms with van der Waals surface area (Å²) in [4.78, 5) is 2.23. The maximum Gasteiger partial charge on any atom is 0.158 e. The van der Waals surface area contributed by atoms with Gasteiger partial charge in [-0.3, -0.25) is 0 Å². The van der Waals surface area contributed by atoms with E-state index in [1.54, 1.807) is 0 Å². The van der Waals surface area contributed by atoms with Gasteiger partial charge in [-0.1, -0.05) is 6.07 Å². The predicted octanol–water partition coefficient (Wildman–Crippen LogP) is 0.760. The zero-order valence-electron chi connectivity index (χ0n) is 8.26. The molecule has 1 aliphatic rings. The number of hydrogen-bond donors (Lipinski definition) is 1. The molecule has 0 amide bonds. The molecule has 2 heterocycles. The number of anilines is 1. The smallest absolute Gasteiger partial charge is 0.158 e. The van der Waals surface area contributed by atoms with Crippen LogP contribution in [-0.4, -0.2) is 29.4 Å². The molecule has 0 aliphatic carbocycles. The molecule has 0 bridgehead atoms. The molecule has 0 spiro atoms. The van der Waals surface area contributed by atoms with Crippen molar-refractivity contribution >= 4 is 16.7 Å². The topological polar surface area (TPSA) is 68.2 Å². The second kappa shape index (κ2) is 3.20. The maximum atomic E-state index is 5.88. The van der Waals surface area contributed by atoms with Gasteiger partial charge >= 0.3 is 0 Å². The molecule has 0 radical (unpaired) electrons. The summed E-state index contributed by atoms with van der Waals surface area (Å²) in [5.74, 6) is 0. The lowest BCUT2D eigenvalue weighted by atomic mass is 10.2. The number of aromatic nitrogens is 2. The van der Waals surface area contributed by atoms with Crippen molar-refractivity contribution < 1.29 is 4.63 Å². The molecule has 1 aromatic heterocycles. The molecular weight excluding hydrogens is 192 g/mol. The van der Waals surface area contributed by atoms with Crippen LogP contribution in [-0.2, 0) is 0 Å². The number of hydrogen-bond acceptors (Lipinski definition) is 5. The van der Waals surface area contributed by atoms with Gasteiger partial charge in [-0.15, -0.1) is 0 Å². The molecule has 78 valence electrons. The third-order valence-electron chi connectivity index (χ3n) is 2.83. The Hall–Kier alpha value is -1.62. The van der Waals surface area contributed by atoms with E-state index in [0.29, 0.717) is 0 Å². The van der Waals surface area contributed by atoms with E-state index < -0.39 is 0 Å². The molecular formula is C10H12N4O. The Morgan fingerprint density at radius 2 is 2.33 bits per heavy atom. The summed E-state index contributed by atoms with van der Waals surface area (Å²) in [5, 5.41) is 7.75. The molecule has 0 saturated carbocycles. The second-order valence-corrected chi connectivity index (χ2v) is 3.90. The van der Waals surface area contributed by atoms with Crippen molar-refractivity contribution in [2.45, 2.75) is 12.5 Å². The van der Waals surface area contributed by atoms with Gasteiger partial charge in [0, 0.05) is 19.1 Å². The van der Waals surface area contributed by atoms with E-state index in [1.165, 1.54) is 0 Å². The first-order valence-electron chi connectivity index (χ1n) is 5.06. The Bertz CT molecular complexity index is 481. The van der Waals surface area contributed by atoms with Crippen molar-refractivity contribution in [2.24, 2.45) is 5.73 Å². The van der Waals surface area contributed by atoms with Crippen LogP contribution in [0.1, 0.15) is 6.42 Å². The standard InChI is InChI=1S/C10H12N4O/c11-7-4-5-14(6-7)9-3-1-2-8-10(9)13-15-12-8/h1-3,7H,4-6,11H2. The largest absolute Gasteiger partial charge is 0.368 e. The van der Waals surface area contributed by atoms with Crippen LogP contribution in [0, 0.1) is 0 Å². The summed E-state index contributed by atoms with van der Waals surface area (Å²) in [7, 11) is 0. The highest BCUT2D eigenvalue weighted by molar-refractivity contribution is 5.87. The first-order valence-corrected chi connectivity index (χ1v) is 5.06. The third kappa shape index (κ3) is 1.35. The lowest BCUT2D eigenvalue weighted by Crippen LogP contribution is -2.26. The molecule has 1 atom stereocenters. The van der Waals surface area contributed by atoms with Crippen LogP contribution in [0.15, 0.2) is 22.8 Å². The molecule has 1 aromatic carbocycles. The first-order chi connectivity index (χ1) is 7.34. The monoisotopic (exact) mass is 204 g/mol. The summed E-state index contributed by atoms with van der Waals surface area (Å²) in [6.45, 7) is 1.86. The Kier molecular flexibility index (Phi) is 1.85. The maximum absolute atomic E-state index is 5.88. The van der Waals surface area contributed by atoms with Gasteiger partial charge in [0.1, 0.15) is 5.52 Å². The number of rotatable bonds is 1. The minimum atomic E-state index is 0.264. The minimum absolute atomic E-state index is 0.264. The number of nitrogens with two attached hydrogens (primary N) is 1. The highest BCUT2D eigenvalue weighted by atomic mass is 16.6. The van der Waals surface area contributed by atoms with E-state index in [2.05, 4.69) is 15.2 Å². The molecule has 2 aromatic rings. The normalized spacial score (nSPS) is 21.4. The van der Waals surface area contributed by atoms with Crippen LogP contribution in [0.5, 0.6) is 0 Å². The van der Waals surface area contributed by atoms with Crippen LogP contribution in [0.4, 0.5) is 5.69 Å². The van der Waals surface area contributed by atoms with E-state index in [9.17, 15) is 0 Å². The van der Waals surface area contributed by atoms with E-state index >= 15 is 0 Å². The SMILES string of the molecule is NC1CCN(c2cccc3nonc23)C1. The average Bonchev–Trinajstić information content (AvgIpc) is 2.84. The second-order valence-electron chi connectivity index (χ2n) is 3.90. The van der Waals surface area contributed by atoms with Gasteiger partial charge in [0.2, 0.25) is 0 Å². The Labute approximate surface area is 86.8 Å². The van der Waals surface area contributed by atoms with Crippen LogP contribution >= 0.6 is 0 Å². The zero-order chi connectivity index (χ0) is 10.3. The Morgan fingerprint density at radius 1 is 1.40 bits per heavy atom. The highest BCUT2D eigenvalue weighted by Crippen LogP contribution is 2.26. The van der Waals surface area contributed by atoms with Crippen molar-refractivity contribution in [3.8, 4) is 0 Å². The van der Waals surface area contributed by atoms with Crippen molar-refractivity contribution in [1.82, 2.24) is 10.3 Å². The van der Waals surface area contributed by atoms with Crippen molar-refractivity contribution in [2.75, 3.05) is 18.0 Å². The van der Waals surface area contributed by atoms with Gasteiger partial charge in [-0.2, -0.15) is 0 Å². The third-order valence-corrected chi connectivity index (χ3v) is 2.83. The summed E-state index contributed by atoms with van der Waals surface area (Å²) >= 11 is 0. The van der Waals surface area contributed by atoms with Gasteiger partial charge < -0.3 is 10.6 Å². The van der Waals surface area contributed by atoms with Crippen LogP contribution in [0.2, 0.25) is 0 Å². The summed E-state index contributed by atoms with van der Waals surface area (Å²) < 4.78 is 4.73. The summed E-state index contributed by atoms with van der Waals surface area (Å²) in [6.07, 6.45) is 1.03. The number of benzene rings is 1. The van der Waals surface area contributed by atoms with Crippen LogP contribution in [0.25, 0.3) is 11.0 Å². The molecule has 5 heteroatoms. The van der Waals surface area contributed by atoms with Crippen LogP contribution < -0.4 is 10.6 Å². The first kappa shape index (κ1) is 8.67. The zero-order valence-corrected chi connectivity index (χ0v) is 8.26. The predicted molar refractivity (Wildman–Crippen MR) is 56.6 cm³/mol. The van der Waals surface area contributed by atoms with Gasteiger partial charge in [0.05, 0.1) is 5.69 Å². The fourth-order valence-electron chi connectivity index (χ4n) is 2.05. The fraction of sp³-hybridized carbons (Fsp3) is 0.400.